The van der Waals surface area contributed by atoms with Crippen molar-refractivity contribution in [2.45, 2.75) is 102 Å². The molecule has 0 aliphatic carbocycles. The maximum absolute atomic E-state index is 14.5. The van der Waals surface area contributed by atoms with Gasteiger partial charge in [-0.05, 0) is 96.9 Å². The molecule has 426 valence electrons. The summed E-state index contributed by atoms with van der Waals surface area (Å²) in [6, 6.07) is 16.3. The summed E-state index contributed by atoms with van der Waals surface area (Å²) in [4.78, 5) is 79.5. The molecule has 4 aromatic carbocycles. The first-order valence-electron chi connectivity index (χ1n) is 27.0. The van der Waals surface area contributed by atoms with Crippen LogP contribution < -0.4 is 39.6 Å². The molecule has 0 aromatic heterocycles. The molecule has 5 aliphatic heterocycles. The van der Waals surface area contributed by atoms with E-state index < -0.39 is 42.2 Å². The second-order valence-corrected chi connectivity index (χ2v) is 20.6. The average Bonchev–Trinajstić information content (AvgIpc) is 4.21. The average molecular weight is 1110 g/mol. The predicted molar refractivity (Wildman–Crippen MR) is 301 cm³/mol. The Hall–Kier alpha value is -8.56. The highest BCUT2D eigenvalue weighted by Gasteiger charge is 2.36. The molecule has 21 heteroatoms. The second kappa shape index (κ2) is 25.3. The van der Waals surface area contributed by atoms with Crippen molar-refractivity contribution in [3.8, 4) is 28.7 Å². The van der Waals surface area contributed by atoms with Crippen LogP contribution in [0.2, 0.25) is 0 Å². The predicted octanol–water partition coefficient (Wildman–Crippen LogP) is 7.35. The van der Waals surface area contributed by atoms with Crippen LogP contribution in [0, 0.1) is 11.7 Å². The summed E-state index contributed by atoms with van der Waals surface area (Å²) < 4.78 is 43.3. The van der Waals surface area contributed by atoms with E-state index in [1.807, 2.05) is 18.3 Å². The first-order valence-corrected chi connectivity index (χ1v) is 27.0. The largest absolute Gasteiger partial charge is 0.494 e. The van der Waals surface area contributed by atoms with Gasteiger partial charge in [-0.15, -0.1) is 0 Å². The number of unbranched alkanes of at least 4 members (excludes halogenated alkanes) is 2. The van der Waals surface area contributed by atoms with Crippen molar-refractivity contribution < 1.29 is 62.3 Å². The number of halogens is 1. The Morgan fingerprint density at radius 2 is 1.37 bits per heavy atom. The SMILES string of the molecule is COc1ccc(C2=CN3C(O)c4cc(OC)c(OCCCOc5cc6c(cc5OC)C(=O)N5C=C(c7ccc(NC(=O)[C@H](C)NC(=O)[C@@H](NC(=O)CCCCCN8C(=O)C=CC8O)C(C)C)cc7)C[C@H]5C=N6)cc4N=C[C@@H]3C2)cc1F. The summed E-state index contributed by atoms with van der Waals surface area (Å²) in [5.74, 6) is -0.693. The number of nitrogens with zero attached hydrogens (tertiary/aromatic N) is 5. The fourth-order valence-electron chi connectivity index (χ4n) is 10.2. The van der Waals surface area contributed by atoms with Crippen molar-refractivity contribution >= 4 is 70.2 Å². The summed E-state index contributed by atoms with van der Waals surface area (Å²) in [6.45, 7) is 6.03. The van der Waals surface area contributed by atoms with Crippen LogP contribution in [0.25, 0.3) is 11.1 Å². The smallest absolute Gasteiger partial charge is 0.260 e. The molecule has 5 heterocycles. The fraction of sp³-hybridized carbons (Fsp3) is 0.383. The van der Waals surface area contributed by atoms with Crippen molar-refractivity contribution in [2.75, 3.05) is 46.4 Å². The number of hydrogen-bond donors (Lipinski definition) is 5. The Balaban J connectivity index is 0.740. The molecular formula is C60H67FN8O12. The zero-order valence-electron chi connectivity index (χ0n) is 46.0. The van der Waals surface area contributed by atoms with E-state index in [1.165, 1.54) is 44.4 Å². The monoisotopic (exact) mass is 1110 g/mol. The second-order valence-electron chi connectivity index (χ2n) is 20.6. The summed E-state index contributed by atoms with van der Waals surface area (Å²) in [6.07, 6.45) is 11.4. The van der Waals surface area contributed by atoms with E-state index >= 15 is 0 Å². The Morgan fingerprint density at radius 3 is 2.05 bits per heavy atom. The van der Waals surface area contributed by atoms with E-state index in [9.17, 15) is 38.6 Å². The Morgan fingerprint density at radius 1 is 0.716 bits per heavy atom. The number of carbonyl (C=O) groups is 5. The van der Waals surface area contributed by atoms with Crippen LogP contribution >= 0.6 is 0 Å². The van der Waals surface area contributed by atoms with Gasteiger partial charge in [-0.2, -0.15) is 0 Å². The Bertz CT molecular complexity index is 3210. The van der Waals surface area contributed by atoms with Crippen LogP contribution in [0.3, 0.4) is 0 Å². The molecule has 0 spiro atoms. The molecule has 4 aromatic rings. The number of fused-ring (bicyclic) bond motifs is 4. The maximum atomic E-state index is 14.5. The number of nitrogens with one attached hydrogen (secondary N) is 3. The number of anilines is 1. The van der Waals surface area contributed by atoms with Crippen molar-refractivity contribution in [1.29, 1.82) is 0 Å². The summed E-state index contributed by atoms with van der Waals surface area (Å²) >= 11 is 0. The first kappa shape index (κ1) is 57.1. The molecule has 20 nitrogen and oxygen atoms in total. The number of aliphatic imine (C=N–C) groups is 2. The van der Waals surface area contributed by atoms with Gasteiger partial charge in [0.05, 0.1) is 63.6 Å². The van der Waals surface area contributed by atoms with Gasteiger partial charge in [-0.1, -0.05) is 38.5 Å². The number of methoxy groups -OCH3 is 3. The minimum atomic E-state index is -1.05. The fourth-order valence-corrected chi connectivity index (χ4v) is 10.2. The lowest BCUT2D eigenvalue weighted by molar-refractivity contribution is -0.132. The van der Waals surface area contributed by atoms with Gasteiger partial charge < -0.3 is 64.5 Å². The number of hydrogen-bond acceptors (Lipinski definition) is 15. The molecule has 0 bridgehead atoms. The van der Waals surface area contributed by atoms with E-state index in [-0.39, 0.29) is 61.1 Å². The standard InChI is InChI=1S/C60H67FN8O12/c1-34(2)56(66-53(70)11-8-7-9-20-67-54(71)18-19-55(67)72)58(74)64-35(3)57(73)65-40-15-12-36(13-16-40)38-23-41-30-62-46-28-51(49(78-5)26-43(46)59(75)68(41)32-38)80-21-10-22-81-52-29-47-44(27-50(52)79-6)60(76)69-33-39(24-42(69)31-63-47)37-14-17-48(77-4)45(61)25-37/h12-19,25-35,41-42,54,56,60,71,76H,7-11,20-24H2,1-6H3,(H,64,74)(H,65,73)(H,66,70)/t35-,41-,42-,54?,56-,60?/m0/s1. The molecule has 0 fully saturated rings. The lowest BCUT2D eigenvalue weighted by Crippen LogP contribution is -2.53. The van der Waals surface area contributed by atoms with Crippen LogP contribution in [0.4, 0.5) is 21.5 Å². The van der Waals surface area contributed by atoms with Crippen molar-refractivity contribution in [3.63, 3.8) is 0 Å². The molecule has 0 saturated carbocycles. The van der Waals surface area contributed by atoms with Gasteiger partial charge in [-0.25, -0.2) is 4.39 Å². The highest BCUT2D eigenvalue weighted by molar-refractivity contribution is 6.05. The number of amides is 5. The molecular weight excluding hydrogens is 1040 g/mol. The zero-order valence-corrected chi connectivity index (χ0v) is 46.0. The molecule has 5 aliphatic rings. The van der Waals surface area contributed by atoms with Gasteiger partial charge in [0, 0.05) is 80.1 Å². The van der Waals surface area contributed by atoms with Gasteiger partial charge in [0.25, 0.3) is 5.91 Å². The third-order valence-corrected chi connectivity index (χ3v) is 14.8. The molecule has 81 heavy (non-hydrogen) atoms. The van der Waals surface area contributed by atoms with Crippen LogP contribution in [-0.2, 0) is 19.2 Å². The normalized spacial score (nSPS) is 19.4. The third-order valence-electron chi connectivity index (χ3n) is 14.8. The molecule has 2 unspecified atom stereocenters. The number of benzene rings is 4. The highest BCUT2D eigenvalue weighted by Crippen LogP contribution is 2.45. The van der Waals surface area contributed by atoms with Gasteiger partial charge >= 0.3 is 0 Å². The number of rotatable bonds is 23. The Kier molecular flexibility index (Phi) is 17.8. The molecule has 0 saturated heterocycles. The topological polar surface area (TPSA) is 242 Å². The van der Waals surface area contributed by atoms with Crippen molar-refractivity contribution in [2.24, 2.45) is 15.9 Å². The summed E-state index contributed by atoms with van der Waals surface area (Å²) in [5, 5.41) is 29.8. The van der Waals surface area contributed by atoms with E-state index in [0.29, 0.717) is 102 Å². The minimum Gasteiger partial charge on any atom is -0.494 e. The lowest BCUT2D eigenvalue weighted by atomic mass is 10.0. The van der Waals surface area contributed by atoms with E-state index in [4.69, 9.17) is 33.7 Å². The zero-order chi connectivity index (χ0) is 57.5. The number of ether oxygens (including phenoxy) is 5. The maximum Gasteiger partial charge on any atom is 0.260 e. The Labute approximate surface area is 468 Å². The highest BCUT2D eigenvalue weighted by atomic mass is 19.1. The summed E-state index contributed by atoms with van der Waals surface area (Å²) in [7, 11) is 4.43. The van der Waals surface area contributed by atoms with Gasteiger partial charge in [0.2, 0.25) is 23.6 Å². The van der Waals surface area contributed by atoms with Crippen molar-refractivity contribution in [1.82, 2.24) is 25.3 Å². The summed E-state index contributed by atoms with van der Waals surface area (Å²) in [5.41, 5.74) is 5.60. The number of aliphatic hydroxyl groups excluding tert-OH is 2. The first-order chi connectivity index (χ1) is 39.0. The quantitative estimate of drug-likeness (QED) is 0.0457. The number of carbonyl (C=O) groups excluding carboxylic acids is 5. The van der Waals surface area contributed by atoms with Gasteiger partial charge in [0.15, 0.2) is 40.8 Å². The van der Waals surface area contributed by atoms with E-state index in [1.54, 1.807) is 97.7 Å². The molecule has 5 N–H and O–H groups in total. The third kappa shape index (κ3) is 12.9. The molecule has 0 radical (unpaired) electrons. The minimum absolute atomic E-state index is 0.157. The van der Waals surface area contributed by atoms with E-state index in [2.05, 4.69) is 16.0 Å². The van der Waals surface area contributed by atoms with Gasteiger partial charge in [-0.3, -0.25) is 34.0 Å². The molecule has 6 atom stereocenters. The van der Waals surface area contributed by atoms with E-state index in [0.717, 1.165) is 16.7 Å². The van der Waals surface area contributed by atoms with Crippen LogP contribution in [0.1, 0.15) is 99.0 Å². The van der Waals surface area contributed by atoms with Crippen molar-refractivity contribution in [3.05, 3.63) is 119 Å². The van der Waals surface area contributed by atoms with Gasteiger partial charge in [0.1, 0.15) is 18.3 Å². The van der Waals surface area contributed by atoms with Crippen LogP contribution in [0.5, 0.6) is 28.7 Å². The van der Waals surface area contributed by atoms with Crippen LogP contribution in [-0.4, -0.2) is 138 Å². The van der Waals surface area contributed by atoms with Crippen LogP contribution in [0.15, 0.2) is 101 Å². The lowest BCUT2D eigenvalue weighted by Gasteiger charge is -2.27. The number of aliphatic hydroxyl groups is 2. The molecule has 9 rings (SSSR count). The molecule has 5 amide bonds.